The lowest BCUT2D eigenvalue weighted by molar-refractivity contribution is -0.141. The van der Waals surface area contributed by atoms with Crippen LogP contribution in [0.3, 0.4) is 0 Å². The molecule has 0 spiro atoms. The topological polar surface area (TPSA) is 76.2 Å². The minimum atomic E-state index is -4.50. The molecule has 3 heterocycles. The quantitative estimate of drug-likeness (QED) is 0.634. The standard InChI is InChI=1S/C20H19F4N5O2/c1-12-2-3-14(21)15(10-12)29-11-16(30)18(26-29)19(31)27-7-4-13(5-8-27)28-9-6-17(25-28)20(22,23)24/h2-3,6,9-11,13,30H,4-5,7-8H2,1H3. The van der Waals surface area contributed by atoms with Crippen molar-refractivity contribution in [1.29, 1.82) is 0 Å². The molecule has 1 N–H and O–H groups in total. The molecule has 0 radical (unpaired) electrons. The molecule has 0 unspecified atom stereocenters. The van der Waals surface area contributed by atoms with Crippen LogP contribution in [0.25, 0.3) is 5.69 Å². The number of carbonyl (C=O) groups excluding carboxylic acids is 1. The Hall–Kier alpha value is -3.37. The maximum Gasteiger partial charge on any atom is 0.435 e. The highest BCUT2D eigenvalue weighted by molar-refractivity contribution is 5.94. The fraction of sp³-hybridized carbons (Fsp3) is 0.350. The van der Waals surface area contributed by atoms with Crippen molar-refractivity contribution in [3.63, 3.8) is 0 Å². The van der Waals surface area contributed by atoms with Crippen LogP contribution < -0.4 is 0 Å². The Balaban J connectivity index is 1.46. The predicted octanol–water partition coefficient (Wildman–Crippen LogP) is 3.72. The van der Waals surface area contributed by atoms with Gasteiger partial charge in [0.25, 0.3) is 5.91 Å². The lowest BCUT2D eigenvalue weighted by Gasteiger charge is -2.31. The summed E-state index contributed by atoms with van der Waals surface area (Å²) in [6.45, 7) is 2.30. The van der Waals surface area contributed by atoms with Gasteiger partial charge in [0.15, 0.2) is 17.1 Å². The maximum atomic E-state index is 14.1. The van der Waals surface area contributed by atoms with Gasteiger partial charge in [0, 0.05) is 19.3 Å². The summed E-state index contributed by atoms with van der Waals surface area (Å²) in [7, 11) is 0. The minimum Gasteiger partial charge on any atom is -0.504 e. The van der Waals surface area contributed by atoms with Crippen LogP contribution in [0.1, 0.15) is 40.6 Å². The van der Waals surface area contributed by atoms with Crippen LogP contribution in [-0.2, 0) is 6.18 Å². The van der Waals surface area contributed by atoms with Gasteiger partial charge in [0.1, 0.15) is 11.5 Å². The van der Waals surface area contributed by atoms with E-state index in [1.165, 1.54) is 28.0 Å². The third-order valence-corrected chi connectivity index (χ3v) is 5.27. The van der Waals surface area contributed by atoms with Crippen molar-refractivity contribution in [2.45, 2.75) is 32.0 Å². The molecule has 1 aliphatic heterocycles. The molecule has 0 aliphatic carbocycles. The number of piperidine rings is 1. The summed E-state index contributed by atoms with van der Waals surface area (Å²) >= 11 is 0. The van der Waals surface area contributed by atoms with Crippen LogP contribution in [-0.4, -0.2) is 48.6 Å². The van der Waals surface area contributed by atoms with Crippen LogP contribution in [0.2, 0.25) is 0 Å². The van der Waals surface area contributed by atoms with Crippen molar-refractivity contribution in [2.24, 2.45) is 0 Å². The Morgan fingerprint density at radius 3 is 2.52 bits per heavy atom. The number of aromatic hydroxyl groups is 1. The van der Waals surface area contributed by atoms with E-state index in [-0.39, 0.29) is 36.3 Å². The van der Waals surface area contributed by atoms with Crippen LogP contribution in [0.5, 0.6) is 5.75 Å². The molecule has 1 fully saturated rings. The number of likely N-dealkylation sites (tertiary alicyclic amines) is 1. The second-order valence-electron chi connectivity index (χ2n) is 7.46. The van der Waals surface area contributed by atoms with E-state index >= 15 is 0 Å². The van der Waals surface area contributed by atoms with Gasteiger partial charge in [-0.2, -0.15) is 23.4 Å². The lowest BCUT2D eigenvalue weighted by atomic mass is 10.0. The second kappa shape index (κ2) is 7.71. The van der Waals surface area contributed by atoms with E-state index in [1.54, 1.807) is 19.1 Å². The van der Waals surface area contributed by atoms with Crippen molar-refractivity contribution in [2.75, 3.05) is 13.1 Å². The molecule has 7 nitrogen and oxygen atoms in total. The summed E-state index contributed by atoms with van der Waals surface area (Å²) in [6.07, 6.45) is -1.25. The second-order valence-corrected chi connectivity index (χ2v) is 7.46. The first kappa shape index (κ1) is 20.9. The van der Waals surface area contributed by atoms with Crippen molar-refractivity contribution in [1.82, 2.24) is 24.5 Å². The largest absolute Gasteiger partial charge is 0.504 e. The van der Waals surface area contributed by atoms with Crippen molar-refractivity contribution < 1.29 is 27.5 Å². The number of carbonyl (C=O) groups is 1. The zero-order valence-corrected chi connectivity index (χ0v) is 16.5. The molecule has 2 aromatic heterocycles. The number of alkyl halides is 3. The molecular weight excluding hydrogens is 418 g/mol. The number of nitrogens with zero attached hydrogens (tertiary/aromatic N) is 5. The fourth-order valence-corrected chi connectivity index (χ4v) is 3.61. The monoisotopic (exact) mass is 437 g/mol. The van der Waals surface area contributed by atoms with Gasteiger partial charge in [-0.25, -0.2) is 9.07 Å². The number of amides is 1. The fourth-order valence-electron chi connectivity index (χ4n) is 3.61. The SMILES string of the molecule is Cc1ccc(F)c(-n2cc(O)c(C(=O)N3CCC(n4ccc(C(F)(F)F)n4)CC3)n2)c1. The van der Waals surface area contributed by atoms with Gasteiger partial charge in [-0.15, -0.1) is 0 Å². The number of aryl methyl sites for hydroxylation is 1. The van der Waals surface area contributed by atoms with E-state index in [4.69, 9.17) is 0 Å². The first-order valence-electron chi connectivity index (χ1n) is 9.60. The summed E-state index contributed by atoms with van der Waals surface area (Å²) in [4.78, 5) is 14.3. The smallest absolute Gasteiger partial charge is 0.435 e. The zero-order chi connectivity index (χ0) is 22.3. The number of hydrogen-bond acceptors (Lipinski definition) is 4. The van der Waals surface area contributed by atoms with Crippen LogP contribution in [0.15, 0.2) is 36.7 Å². The van der Waals surface area contributed by atoms with Crippen molar-refractivity contribution >= 4 is 5.91 Å². The normalized spacial score (nSPS) is 15.5. The number of hydrogen-bond donors (Lipinski definition) is 1. The van der Waals surface area contributed by atoms with Gasteiger partial charge in [0.05, 0.1) is 12.2 Å². The Kier molecular flexibility index (Phi) is 5.19. The summed E-state index contributed by atoms with van der Waals surface area (Å²) in [5.74, 6) is -1.46. The molecule has 11 heteroatoms. The summed E-state index contributed by atoms with van der Waals surface area (Å²) in [5, 5.41) is 17.8. The highest BCUT2D eigenvalue weighted by Gasteiger charge is 2.35. The van der Waals surface area contributed by atoms with Crippen LogP contribution in [0, 0.1) is 12.7 Å². The van der Waals surface area contributed by atoms with E-state index in [2.05, 4.69) is 10.2 Å². The van der Waals surface area contributed by atoms with E-state index in [0.717, 1.165) is 16.3 Å². The maximum absolute atomic E-state index is 14.1. The average molecular weight is 437 g/mol. The molecule has 1 amide bonds. The summed E-state index contributed by atoms with van der Waals surface area (Å²) in [6, 6.07) is 5.06. The predicted molar refractivity (Wildman–Crippen MR) is 101 cm³/mol. The zero-order valence-electron chi connectivity index (χ0n) is 16.5. The van der Waals surface area contributed by atoms with Crippen molar-refractivity contribution in [3.8, 4) is 11.4 Å². The Morgan fingerprint density at radius 1 is 1.16 bits per heavy atom. The van der Waals surface area contributed by atoms with Gasteiger partial charge in [-0.3, -0.25) is 9.48 Å². The first-order chi connectivity index (χ1) is 14.6. The molecule has 31 heavy (non-hydrogen) atoms. The van der Waals surface area contributed by atoms with Crippen LogP contribution >= 0.6 is 0 Å². The van der Waals surface area contributed by atoms with Crippen LogP contribution in [0.4, 0.5) is 17.6 Å². The average Bonchev–Trinajstić information content (AvgIpc) is 3.36. The number of halogens is 4. The van der Waals surface area contributed by atoms with Gasteiger partial charge in [-0.1, -0.05) is 6.07 Å². The molecular formula is C20H19F4N5O2. The first-order valence-corrected chi connectivity index (χ1v) is 9.60. The molecule has 4 rings (SSSR count). The molecule has 164 valence electrons. The number of benzene rings is 1. The third-order valence-electron chi connectivity index (χ3n) is 5.27. The minimum absolute atomic E-state index is 0.104. The van der Waals surface area contributed by atoms with Gasteiger partial charge < -0.3 is 10.0 Å². The molecule has 1 saturated heterocycles. The van der Waals surface area contributed by atoms with E-state index in [9.17, 15) is 27.5 Å². The Labute approximate surface area is 174 Å². The molecule has 0 saturated carbocycles. The molecule has 1 aromatic carbocycles. The van der Waals surface area contributed by atoms with Crippen molar-refractivity contribution in [3.05, 3.63) is 59.4 Å². The number of rotatable bonds is 3. The molecule has 0 atom stereocenters. The highest BCUT2D eigenvalue weighted by Crippen LogP contribution is 2.30. The van der Waals surface area contributed by atoms with Gasteiger partial charge >= 0.3 is 6.18 Å². The molecule has 0 bridgehead atoms. The lowest BCUT2D eigenvalue weighted by Crippen LogP contribution is -2.39. The highest BCUT2D eigenvalue weighted by atomic mass is 19.4. The summed E-state index contributed by atoms with van der Waals surface area (Å²) < 4.78 is 54.7. The Morgan fingerprint density at radius 2 is 1.87 bits per heavy atom. The summed E-state index contributed by atoms with van der Waals surface area (Å²) in [5.41, 5.74) is -0.275. The van der Waals surface area contributed by atoms with E-state index in [0.29, 0.717) is 12.8 Å². The van der Waals surface area contributed by atoms with E-state index < -0.39 is 23.6 Å². The van der Waals surface area contributed by atoms with Gasteiger partial charge in [-0.05, 0) is 43.5 Å². The van der Waals surface area contributed by atoms with Gasteiger partial charge in [0.2, 0.25) is 0 Å². The molecule has 1 aliphatic rings. The van der Waals surface area contributed by atoms with E-state index in [1.807, 2.05) is 0 Å². The third kappa shape index (κ3) is 4.12. The number of aromatic nitrogens is 4. The molecule has 3 aromatic rings. The Bertz CT molecular complexity index is 1110.